The molecule has 0 spiro atoms. The van der Waals surface area contributed by atoms with Crippen molar-refractivity contribution in [3.8, 4) is 5.75 Å². The van der Waals surface area contributed by atoms with Gasteiger partial charge in [-0.3, -0.25) is 4.79 Å². The predicted octanol–water partition coefficient (Wildman–Crippen LogP) is -0.150. The Morgan fingerprint density at radius 2 is 2.00 bits per heavy atom. The number of aliphatic hydroxyl groups excluding tert-OH is 1. The molecule has 1 heterocycles. The van der Waals surface area contributed by atoms with Gasteiger partial charge in [0.1, 0.15) is 18.0 Å². The number of aliphatic hydroxyl groups is 1. The molecule has 1 aliphatic rings. The van der Waals surface area contributed by atoms with Crippen molar-refractivity contribution in [2.45, 2.75) is 18.6 Å². The van der Waals surface area contributed by atoms with Gasteiger partial charge in [-0.25, -0.2) is 8.42 Å². The molecule has 7 heteroatoms. The van der Waals surface area contributed by atoms with Crippen molar-refractivity contribution in [3.05, 3.63) is 29.8 Å². The Bertz CT molecular complexity index is 580. The van der Waals surface area contributed by atoms with Gasteiger partial charge in [-0.15, -0.1) is 0 Å². The van der Waals surface area contributed by atoms with E-state index in [0.29, 0.717) is 11.3 Å². The van der Waals surface area contributed by atoms with Crippen LogP contribution >= 0.6 is 0 Å². The number of benzene rings is 1. The third-order valence-corrected chi connectivity index (χ3v) is 4.55. The minimum atomic E-state index is -3.29. The molecule has 0 bridgehead atoms. The molecule has 19 heavy (non-hydrogen) atoms. The highest BCUT2D eigenvalue weighted by Crippen LogP contribution is 2.24. The molecule has 6 nitrogen and oxygen atoms in total. The quantitative estimate of drug-likeness (QED) is 0.798. The van der Waals surface area contributed by atoms with Crippen molar-refractivity contribution in [3.63, 3.8) is 0 Å². The summed E-state index contributed by atoms with van der Waals surface area (Å²) >= 11 is 0. The van der Waals surface area contributed by atoms with Gasteiger partial charge >= 0.3 is 5.97 Å². The van der Waals surface area contributed by atoms with E-state index in [1.807, 2.05) is 0 Å². The van der Waals surface area contributed by atoms with Gasteiger partial charge in [0, 0.05) is 5.56 Å². The molecule has 1 aliphatic heterocycles. The molecular weight excluding hydrogens is 272 g/mol. The highest BCUT2D eigenvalue weighted by Gasteiger charge is 2.38. The van der Waals surface area contributed by atoms with E-state index in [0.717, 1.165) is 0 Å². The van der Waals surface area contributed by atoms with E-state index < -0.39 is 28.0 Å². The minimum absolute atomic E-state index is 0.217. The van der Waals surface area contributed by atoms with Crippen LogP contribution in [-0.2, 0) is 21.1 Å². The number of para-hydroxylation sites is 1. The van der Waals surface area contributed by atoms with E-state index in [-0.39, 0.29) is 17.9 Å². The van der Waals surface area contributed by atoms with E-state index in [9.17, 15) is 18.3 Å². The fraction of sp³-hybridized carbons (Fsp3) is 0.417. The Labute approximate surface area is 110 Å². The molecule has 1 aromatic rings. The van der Waals surface area contributed by atoms with Gasteiger partial charge < -0.3 is 14.9 Å². The molecule has 1 fully saturated rings. The number of carboxylic acid groups (broad SMARTS) is 1. The maximum Gasteiger partial charge on any atom is 0.307 e. The van der Waals surface area contributed by atoms with Crippen LogP contribution in [0.5, 0.6) is 5.75 Å². The van der Waals surface area contributed by atoms with E-state index in [2.05, 4.69) is 0 Å². The summed E-state index contributed by atoms with van der Waals surface area (Å²) < 4.78 is 28.2. The number of rotatable bonds is 4. The van der Waals surface area contributed by atoms with Crippen molar-refractivity contribution in [1.29, 1.82) is 0 Å². The SMILES string of the molecule is O=C(O)Cc1ccccc1OC1CS(=O)(=O)CC1O. The van der Waals surface area contributed by atoms with Gasteiger partial charge in [-0.2, -0.15) is 0 Å². The first-order valence-electron chi connectivity index (χ1n) is 5.72. The maximum absolute atomic E-state index is 11.4. The van der Waals surface area contributed by atoms with Crippen molar-refractivity contribution in [1.82, 2.24) is 0 Å². The first kappa shape index (κ1) is 13.8. The minimum Gasteiger partial charge on any atom is -0.486 e. The second-order valence-electron chi connectivity index (χ2n) is 4.48. The molecule has 1 saturated heterocycles. The van der Waals surface area contributed by atoms with Gasteiger partial charge in [-0.05, 0) is 6.07 Å². The molecule has 0 saturated carbocycles. The molecule has 0 amide bonds. The Hall–Kier alpha value is -1.60. The Kier molecular flexibility index (Phi) is 3.77. The highest BCUT2D eigenvalue weighted by molar-refractivity contribution is 7.91. The molecule has 1 aromatic carbocycles. The zero-order valence-corrected chi connectivity index (χ0v) is 10.8. The largest absolute Gasteiger partial charge is 0.486 e. The molecule has 0 aliphatic carbocycles. The molecule has 104 valence electrons. The van der Waals surface area contributed by atoms with Gasteiger partial charge in [0.25, 0.3) is 0 Å². The van der Waals surface area contributed by atoms with Crippen LogP contribution in [0.4, 0.5) is 0 Å². The summed E-state index contributed by atoms with van der Waals surface area (Å²) in [4.78, 5) is 10.7. The lowest BCUT2D eigenvalue weighted by Crippen LogP contribution is -2.30. The summed E-state index contributed by atoms with van der Waals surface area (Å²) in [7, 11) is -3.29. The smallest absolute Gasteiger partial charge is 0.307 e. The van der Waals surface area contributed by atoms with Crippen LogP contribution in [0.1, 0.15) is 5.56 Å². The van der Waals surface area contributed by atoms with Gasteiger partial charge in [0.2, 0.25) is 0 Å². The molecule has 2 unspecified atom stereocenters. The average Bonchev–Trinajstić information content (AvgIpc) is 2.54. The van der Waals surface area contributed by atoms with Crippen LogP contribution in [0.3, 0.4) is 0 Å². The summed E-state index contributed by atoms with van der Waals surface area (Å²) in [6, 6.07) is 6.50. The zero-order chi connectivity index (χ0) is 14.0. The standard InChI is InChI=1S/C12H14O6S/c13-9-6-19(16,17)7-11(9)18-10-4-2-1-3-8(10)5-12(14)15/h1-4,9,11,13H,5-7H2,(H,14,15). The molecular formula is C12H14O6S. The summed E-state index contributed by atoms with van der Waals surface area (Å²) in [6.07, 6.45) is -2.14. The first-order chi connectivity index (χ1) is 8.87. The average molecular weight is 286 g/mol. The number of ether oxygens (including phenoxy) is 1. The molecule has 2 atom stereocenters. The predicted molar refractivity (Wildman–Crippen MR) is 66.9 cm³/mol. The number of carbonyl (C=O) groups is 1. The van der Waals surface area contributed by atoms with Crippen molar-refractivity contribution in [2.75, 3.05) is 11.5 Å². The lowest BCUT2D eigenvalue weighted by Gasteiger charge is -2.17. The van der Waals surface area contributed by atoms with Crippen LogP contribution < -0.4 is 4.74 Å². The highest BCUT2D eigenvalue weighted by atomic mass is 32.2. The fourth-order valence-electron chi connectivity index (χ4n) is 2.00. The topological polar surface area (TPSA) is 101 Å². The summed E-state index contributed by atoms with van der Waals surface area (Å²) in [5.74, 6) is -1.28. The lowest BCUT2D eigenvalue weighted by molar-refractivity contribution is -0.136. The maximum atomic E-state index is 11.4. The number of aliphatic carboxylic acids is 1. The Balaban J connectivity index is 2.17. The van der Waals surface area contributed by atoms with Gasteiger partial charge in [0.15, 0.2) is 9.84 Å². The number of sulfone groups is 1. The Morgan fingerprint density at radius 1 is 1.32 bits per heavy atom. The van der Waals surface area contributed by atoms with Gasteiger partial charge in [-0.1, -0.05) is 18.2 Å². The molecule has 2 N–H and O–H groups in total. The van der Waals surface area contributed by atoms with E-state index in [4.69, 9.17) is 9.84 Å². The van der Waals surface area contributed by atoms with Crippen LogP contribution in [0, 0.1) is 0 Å². The summed E-state index contributed by atoms with van der Waals surface area (Å²) in [5.41, 5.74) is 0.450. The van der Waals surface area contributed by atoms with Crippen LogP contribution in [-0.4, -0.2) is 48.3 Å². The monoisotopic (exact) mass is 286 g/mol. The summed E-state index contributed by atoms with van der Waals surface area (Å²) in [5, 5.41) is 18.4. The number of hydrogen-bond donors (Lipinski definition) is 2. The fourth-order valence-corrected chi connectivity index (χ4v) is 3.66. The van der Waals surface area contributed by atoms with E-state index in [1.54, 1.807) is 24.3 Å². The van der Waals surface area contributed by atoms with Gasteiger partial charge in [0.05, 0.1) is 17.9 Å². The normalized spacial score (nSPS) is 25.1. The second kappa shape index (κ2) is 5.18. The van der Waals surface area contributed by atoms with Crippen LogP contribution in [0.25, 0.3) is 0 Å². The number of carboxylic acids is 1. The zero-order valence-electron chi connectivity index (χ0n) is 10.0. The molecule has 0 aromatic heterocycles. The van der Waals surface area contributed by atoms with E-state index >= 15 is 0 Å². The summed E-state index contributed by atoms with van der Waals surface area (Å²) in [6.45, 7) is 0. The second-order valence-corrected chi connectivity index (χ2v) is 6.63. The first-order valence-corrected chi connectivity index (χ1v) is 7.54. The molecule has 0 radical (unpaired) electrons. The molecule has 2 rings (SSSR count). The van der Waals surface area contributed by atoms with E-state index in [1.165, 1.54) is 0 Å². The third-order valence-electron chi connectivity index (χ3n) is 2.86. The lowest BCUT2D eigenvalue weighted by atomic mass is 10.1. The van der Waals surface area contributed by atoms with Crippen molar-refractivity contribution >= 4 is 15.8 Å². The van der Waals surface area contributed by atoms with Crippen LogP contribution in [0.2, 0.25) is 0 Å². The van der Waals surface area contributed by atoms with Crippen molar-refractivity contribution < 1.29 is 28.2 Å². The van der Waals surface area contributed by atoms with Crippen LogP contribution in [0.15, 0.2) is 24.3 Å². The third kappa shape index (κ3) is 3.45. The van der Waals surface area contributed by atoms with Crippen molar-refractivity contribution in [2.24, 2.45) is 0 Å². The number of hydrogen-bond acceptors (Lipinski definition) is 5. The Morgan fingerprint density at radius 3 is 2.58 bits per heavy atom.